The van der Waals surface area contributed by atoms with Crippen molar-refractivity contribution in [1.82, 2.24) is 0 Å². The van der Waals surface area contributed by atoms with E-state index >= 15 is 0 Å². The smallest absolute Gasteiger partial charge is 0.265 e. The Bertz CT molecular complexity index is 470. The van der Waals surface area contributed by atoms with E-state index in [0.29, 0.717) is 12.5 Å². The third kappa shape index (κ3) is 3.12. The number of carbonyl (C=O) groups is 1. The summed E-state index contributed by atoms with van der Waals surface area (Å²) in [5, 5.41) is 0. The van der Waals surface area contributed by atoms with E-state index in [-0.39, 0.29) is 12.5 Å². The Morgan fingerprint density at radius 2 is 2.10 bits per heavy atom. The summed E-state index contributed by atoms with van der Waals surface area (Å²) in [6.07, 6.45) is 3.35. The summed E-state index contributed by atoms with van der Waals surface area (Å²) in [7, 11) is 0. The summed E-state index contributed by atoms with van der Waals surface area (Å²) in [6, 6.07) is 5.83. The van der Waals surface area contributed by atoms with Gasteiger partial charge in [-0.25, -0.2) is 0 Å². The molecule has 20 heavy (non-hydrogen) atoms. The molecule has 0 saturated heterocycles. The van der Waals surface area contributed by atoms with Crippen molar-refractivity contribution in [1.29, 1.82) is 0 Å². The molecule has 0 fully saturated rings. The maximum Gasteiger partial charge on any atom is 0.265 e. The maximum absolute atomic E-state index is 12.1. The first kappa shape index (κ1) is 14.9. The Morgan fingerprint density at radius 1 is 1.35 bits per heavy atom. The van der Waals surface area contributed by atoms with Crippen LogP contribution in [0.4, 0.5) is 5.69 Å². The van der Waals surface area contributed by atoms with Crippen LogP contribution in [0.1, 0.15) is 38.7 Å². The van der Waals surface area contributed by atoms with E-state index in [2.05, 4.69) is 13.8 Å². The van der Waals surface area contributed by atoms with Gasteiger partial charge in [-0.15, -0.1) is 0 Å². The molecule has 0 radical (unpaired) electrons. The normalized spacial score (nSPS) is 14.4. The van der Waals surface area contributed by atoms with Crippen molar-refractivity contribution in [2.24, 2.45) is 11.7 Å². The Balaban J connectivity index is 2.18. The van der Waals surface area contributed by atoms with E-state index in [4.69, 9.17) is 10.5 Å². The first-order valence-corrected chi connectivity index (χ1v) is 7.45. The van der Waals surface area contributed by atoms with Crippen molar-refractivity contribution in [2.75, 3.05) is 18.1 Å². The highest BCUT2D eigenvalue weighted by atomic mass is 16.5. The number of amides is 1. The Kier molecular flexibility index (Phi) is 5.01. The summed E-state index contributed by atoms with van der Waals surface area (Å²) in [6.45, 7) is 5.78. The highest BCUT2D eigenvalue weighted by Gasteiger charge is 2.25. The first-order chi connectivity index (χ1) is 9.69. The maximum atomic E-state index is 12.1. The quantitative estimate of drug-likeness (QED) is 0.869. The van der Waals surface area contributed by atoms with Crippen LogP contribution in [0, 0.1) is 5.92 Å². The van der Waals surface area contributed by atoms with Crippen LogP contribution in [0.15, 0.2) is 18.2 Å². The number of rotatable bonds is 6. The van der Waals surface area contributed by atoms with Gasteiger partial charge < -0.3 is 15.4 Å². The fourth-order valence-electron chi connectivity index (χ4n) is 2.63. The second kappa shape index (κ2) is 6.75. The highest BCUT2D eigenvalue weighted by Crippen LogP contribution is 2.33. The van der Waals surface area contributed by atoms with Crippen LogP contribution in [-0.2, 0) is 11.3 Å². The van der Waals surface area contributed by atoms with Crippen molar-refractivity contribution >= 4 is 11.6 Å². The van der Waals surface area contributed by atoms with Crippen LogP contribution in [0.5, 0.6) is 5.75 Å². The Labute approximate surface area is 120 Å². The molecule has 1 aliphatic rings. The van der Waals surface area contributed by atoms with E-state index in [9.17, 15) is 4.79 Å². The van der Waals surface area contributed by atoms with Crippen molar-refractivity contribution in [3.05, 3.63) is 23.8 Å². The van der Waals surface area contributed by atoms with Gasteiger partial charge in [0.25, 0.3) is 5.91 Å². The summed E-state index contributed by atoms with van der Waals surface area (Å²) in [4.78, 5) is 14.0. The molecule has 0 saturated carbocycles. The fourth-order valence-corrected chi connectivity index (χ4v) is 2.63. The minimum Gasteiger partial charge on any atom is -0.482 e. The lowest BCUT2D eigenvalue weighted by Crippen LogP contribution is -2.40. The molecule has 0 bridgehead atoms. The number of fused-ring (bicyclic) bond motifs is 1. The zero-order chi connectivity index (χ0) is 14.5. The van der Waals surface area contributed by atoms with Gasteiger partial charge in [-0.2, -0.15) is 0 Å². The number of hydrogen-bond acceptors (Lipinski definition) is 3. The van der Waals surface area contributed by atoms with E-state index in [0.717, 1.165) is 42.8 Å². The lowest BCUT2D eigenvalue weighted by atomic mass is 9.99. The van der Waals surface area contributed by atoms with Gasteiger partial charge in [0.1, 0.15) is 5.75 Å². The number of nitrogens with zero attached hydrogens (tertiary/aromatic N) is 1. The second-order valence-electron chi connectivity index (χ2n) is 5.31. The third-order valence-corrected chi connectivity index (χ3v) is 4.12. The van der Waals surface area contributed by atoms with Crippen LogP contribution in [0.3, 0.4) is 0 Å². The predicted octanol–water partition coefficient (Wildman–Crippen LogP) is 2.70. The number of benzene rings is 1. The van der Waals surface area contributed by atoms with Gasteiger partial charge in [0, 0.05) is 13.1 Å². The molecular weight excluding hydrogens is 252 g/mol. The average Bonchev–Trinajstić information content (AvgIpc) is 2.49. The summed E-state index contributed by atoms with van der Waals surface area (Å²) < 4.78 is 5.49. The Morgan fingerprint density at radius 3 is 2.75 bits per heavy atom. The topological polar surface area (TPSA) is 55.6 Å². The van der Waals surface area contributed by atoms with Crippen molar-refractivity contribution in [2.45, 2.75) is 39.7 Å². The summed E-state index contributed by atoms with van der Waals surface area (Å²) >= 11 is 0. The van der Waals surface area contributed by atoms with E-state index in [1.807, 2.05) is 23.1 Å². The van der Waals surface area contributed by atoms with E-state index in [1.54, 1.807) is 0 Å². The lowest BCUT2D eigenvalue weighted by molar-refractivity contribution is -0.121. The van der Waals surface area contributed by atoms with Gasteiger partial charge >= 0.3 is 0 Å². The predicted molar refractivity (Wildman–Crippen MR) is 80.9 cm³/mol. The molecular formula is C16H24N2O2. The molecule has 4 heteroatoms. The van der Waals surface area contributed by atoms with Crippen LogP contribution in [0.2, 0.25) is 0 Å². The van der Waals surface area contributed by atoms with E-state index < -0.39 is 0 Å². The lowest BCUT2D eigenvalue weighted by Gasteiger charge is -2.30. The summed E-state index contributed by atoms with van der Waals surface area (Å²) in [5.74, 6) is 1.50. The minimum absolute atomic E-state index is 0.0395. The molecule has 4 nitrogen and oxygen atoms in total. The Hall–Kier alpha value is -1.55. The molecule has 0 aliphatic carbocycles. The molecule has 1 aromatic carbocycles. The molecule has 2 rings (SSSR count). The number of carbonyl (C=O) groups excluding carboxylic acids is 1. The van der Waals surface area contributed by atoms with Gasteiger partial charge in [0.05, 0.1) is 5.69 Å². The summed E-state index contributed by atoms with van der Waals surface area (Å²) in [5.41, 5.74) is 7.58. The van der Waals surface area contributed by atoms with Gasteiger partial charge in [0.2, 0.25) is 0 Å². The van der Waals surface area contributed by atoms with Gasteiger partial charge in [-0.3, -0.25) is 4.79 Å². The molecule has 0 aromatic heterocycles. The van der Waals surface area contributed by atoms with Crippen LogP contribution in [0.25, 0.3) is 0 Å². The van der Waals surface area contributed by atoms with Crippen LogP contribution >= 0.6 is 0 Å². The molecule has 1 amide bonds. The SMILES string of the molecule is CCC(CC)CCN1C(=O)COc2ccc(CN)cc21. The molecule has 0 spiro atoms. The van der Waals surface area contributed by atoms with Crippen molar-refractivity contribution in [3.63, 3.8) is 0 Å². The number of nitrogens with two attached hydrogens (primary N) is 1. The van der Waals surface area contributed by atoms with Crippen LogP contribution in [-0.4, -0.2) is 19.1 Å². The highest BCUT2D eigenvalue weighted by molar-refractivity contribution is 5.97. The molecule has 0 atom stereocenters. The molecule has 1 heterocycles. The largest absolute Gasteiger partial charge is 0.482 e. The molecule has 110 valence electrons. The first-order valence-electron chi connectivity index (χ1n) is 7.45. The standard InChI is InChI=1S/C16H24N2O2/c1-3-12(4-2)7-8-18-14-9-13(10-17)5-6-15(14)20-11-16(18)19/h5-6,9,12H,3-4,7-8,10-11,17H2,1-2H3. The zero-order valence-corrected chi connectivity index (χ0v) is 12.4. The number of hydrogen-bond donors (Lipinski definition) is 1. The molecule has 1 aromatic rings. The van der Waals surface area contributed by atoms with E-state index in [1.165, 1.54) is 0 Å². The number of anilines is 1. The second-order valence-corrected chi connectivity index (χ2v) is 5.31. The minimum atomic E-state index is 0.0395. The molecule has 2 N–H and O–H groups in total. The van der Waals surface area contributed by atoms with Gasteiger partial charge in [0.15, 0.2) is 6.61 Å². The monoisotopic (exact) mass is 276 g/mol. The van der Waals surface area contributed by atoms with Crippen molar-refractivity contribution in [3.8, 4) is 5.75 Å². The number of ether oxygens (including phenoxy) is 1. The average molecular weight is 276 g/mol. The third-order valence-electron chi connectivity index (χ3n) is 4.12. The zero-order valence-electron chi connectivity index (χ0n) is 12.4. The van der Waals surface area contributed by atoms with Gasteiger partial charge in [-0.05, 0) is 30.0 Å². The molecule has 0 unspecified atom stereocenters. The molecule has 1 aliphatic heterocycles. The van der Waals surface area contributed by atoms with Gasteiger partial charge in [-0.1, -0.05) is 32.8 Å². The van der Waals surface area contributed by atoms with Crippen molar-refractivity contribution < 1.29 is 9.53 Å². The van der Waals surface area contributed by atoms with Crippen LogP contribution < -0.4 is 15.4 Å². The fraction of sp³-hybridized carbons (Fsp3) is 0.562.